The number of carbonyl (C=O) groups excluding carboxylic acids is 1. The van der Waals surface area contributed by atoms with Gasteiger partial charge in [-0.15, -0.1) is 6.42 Å². The molecular weight excluding hydrogens is 604 g/mol. The Bertz CT molecular complexity index is 2000. The number of amides is 1. The van der Waals surface area contributed by atoms with Crippen LogP contribution in [0.15, 0.2) is 24.3 Å². The Morgan fingerprint density at radius 3 is 2.53 bits per heavy atom. The van der Waals surface area contributed by atoms with E-state index in [0.29, 0.717) is 46.2 Å². The normalized spacial score (nSPS) is 20.3. The second-order valence-corrected chi connectivity index (χ2v) is 13.6. The highest BCUT2D eigenvalue weighted by Gasteiger charge is 2.59. The van der Waals surface area contributed by atoms with Gasteiger partial charge < -0.3 is 19.1 Å². The van der Waals surface area contributed by atoms with Crippen molar-refractivity contribution in [2.75, 3.05) is 27.0 Å². The minimum atomic E-state index is -0.607. The van der Waals surface area contributed by atoms with Gasteiger partial charge in [0.05, 0.1) is 29.1 Å². The molecule has 0 spiro atoms. The van der Waals surface area contributed by atoms with E-state index in [1.807, 2.05) is 20.8 Å². The molecule has 2 aromatic carbocycles. The van der Waals surface area contributed by atoms with Crippen molar-refractivity contribution in [3.05, 3.63) is 52.9 Å². The lowest BCUT2D eigenvalue weighted by Crippen LogP contribution is -2.36. The number of nitriles is 1. The molecule has 3 heterocycles. The van der Waals surface area contributed by atoms with Gasteiger partial charge >= 0.3 is 6.09 Å². The fourth-order valence-electron chi connectivity index (χ4n) is 7.01. The average molecular weight is 640 g/mol. The minimum Gasteiger partial charge on any atom is -0.468 e. The second-order valence-electron chi connectivity index (χ2n) is 13.6. The van der Waals surface area contributed by atoms with E-state index in [4.69, 9.17) is 30.7 Å². The van der Waals surface area contributed by atoms with Crippen LogP contribution in [0.2, 0.25) is 0 Å². The molecular formula is C36H35F2N5O4. The highest BCUT2D eigenvalue weighted by molar-refractivity contribution is 6.03. The summed E-state index contributed by atoms with van der Waals surface area (Å²) in [7, 11) is 1.49. The highest BCUT2D eigenvalue weighted by atomic mass is 19.1. The van der Waals surface area contributed by atoms with E-state index in [-0.39, 0.29) is 66.3 Å². The summed E-state index contributed by atoms with van der Waals surface area (Å²) < 4.78 is 50.5. The van der Waals surface area contributed by atoms with E-state index in [2.05, 4.69) is 12.0 Å². The Labute approximate surface area is 271 Å². The Balaban J connectivity index is 1.39. The van der Waals surface area contributed by atoms with Crippen molar-refractivity contribution >= 4 is 27.8 Å². The molecule has 2 aromatic heterocycles. The number of aryl methyl sites for hydroxylation is 1. The van der Waals surface area contributed by atoms with Gasteiger partial charge in [-0.3, -0.25) is 4.68 Å². The number of hydrogen-bond acceptors (Lipinski definition) is 7. The zero-order valence-electron chi connectivity index (χ0n) is 26.8. The van der Waals surface area contributed by atoms with Crippen LogP contribution in [0.1, 0.15) is 68.9 Å². The molecule has 3 aliphatic rings. The third-order valence-corrected chi connectivity index (χ3v) is 9.20. The third kappa shape index (κ3) is 5.43. The Morgan fingerprint density at radius 2 is 1.89 bits per heavy atom. The Kier molecular flexibility index (Phi) is 7.56. The van der Waals surface area contributed by atoms with E-state index < -0.39 is 17.2 Å². The summed E-state index contributed by atoms with van der Waals surface area (Å²) >= 11 is 0. The lowest BCUT2D eigenvalue weighted by molar-refractivity contribution is 0.0270. The molecule has 11 heteroatoms. The number of pyridine rings is 1. The summed E-state index contributed by atoms with van der Waals surface area (Å²) in [5, 5.41) is 16.1. The molecule has 1 aliphatic heterocycles. The molecule has 1 amide bonds. The summed E-state index contributed by atoms with van der Waals surface area (Å²) in [4.78, 5) is 19.4. The fourth-order valence-corrected chi connectivity index (χ4v) is 7.01. The van der Waals surface area contributed by atoms with Crippen LogP contribution in [0.4, 0.5) is 13.6 Å². The van der Waals surface area contributed by atoms with Gasteiger partial charge in [-0.05, 0) is 69.0 Å². The summed E-state index contributed by atoms with van der Waals surface area (Å²) in [6.45, 7) is 6.54. The minimum absolute atomic E-state index is 0.00704. The maximum Gasteiger partial charge on any atom is 0.410 e. The topological polar surface area (TPSA) is 102 Å². The van der Waals surface area contributed by atoms with Gasteiger partial charge in [-0.1, -0.05) is 12.0 Å². The van der Waals surface area contributed by atoms with Crippen LogP contribution in [0.3, 0.4) is 0 Å². The molecule has 0 bridgehead atoms. The van der Waals surface area contributed by atoms with Crippen molar-refractivity contribution in [3.63, 3.8) is 0 Å². The van der Waals surface area contributed by atoms with Crippen molar-refractivity contribution < 1.29 is 27.8 Å². The van der Waals surface area contributed by atoms with E-state index >= 15 is 8.78 Å². The molecule has 3 fully saturated rings. The number of terminal acetylenes is 1. The predicted octanol–water partition coefficient (Wildman–Crippen LogP) is 6.87. The summed E-state index contributed by atoms with van der Waals surface area (Å²) in [6.07, 6.45) is 7.60. The number of benzene rings is 2. The van der Waals surface area contributed by atoms with E-state index in [9.17, 15) is 10.1 Å². The van der Waals surface area contributed by atoms with Crippen molar-refractivity contribution in [3.8, 4) is 35.4 Å². The molecule has 7 rings (SSSR count). The van der Waals surface area contributed by atoms with E-state index in [0.717, 1.165) is 18.5 Å². The van der Waals surface area contributed by atoms with E-state index in [1.165, 1.54) is 13.2 Å². The Morgan fingerprint density at radius 1 is 1.15 bits per heavy atom. The molecule has 242 valence electrons. The van der Waals surface area contributed by atoms with Crippen molar-refractivity contribution in [1.29, 1.82) is 5.26 Å². The van der Waals surface area contributed by atoms with Crippen LogP contribution in [0.5, 0.6) is 5.75 Å². The van der Waals surface area contributed by atoms with Crippen molar-refractivity contribution in [2.45, 2.75) is 64.0 Å². The molecule has 1 saturated heterocycles. The Hall–Kier alpha value is -4.74. The first-order valence-corrected chi connectivity index (χ1v) is 15.8. The third-order valence-electron chi connectivity index (χ3n) is 9.20. The van der Waals surface area contributed by atoms with Crippen molar-refractivity contribution in [1.82, 2.24) is 19.7 Å². The smallest absolute Gasteiger partial charge is 0.410 e. The number of methoxy groups -OCH3 is 1. The van der Waals surface area contributed by atoms with Crippen LogP contribution in [0, 0.1) is 47.1 Å². The van der Waals surface area contributed by atoms with Gasteiger partial charge in [-0.25, -0.2) is 18.6 Å². The number of ether oxygens (including phenoxy) is 3. The van der Waals surface area contributed by atoms with Gasteiger partial charge in [0, 0.05) is 55.3 Å². The molecule has 2 saturated carbocycles. The van der Waals surface area contributed by atoms with Crippen LogP contribution >= 0.6 is 0 Å². The van der Waals surface area contributed by atoms with Crippen molar-refractivity contribution in [2.24, 2.45) is 11.8 Å². The average Bonchev–Trinajstić information content (AvgIpc) is 3.91. The van der Waals surface area contributed by atoms with Gasteiger partial charge in [0.2, 0.25) is 0 Å². The number of likely N-dealkylation sites (tertiary alicyclic amines) is 1. The van der Waals surface area contributed by atoms with E-state index in [1.54, 1.807) is 27.8 Å². The van der Waals surface area contributed by atoms with Gasteiger partial charge in [0.25, 0.3) is 0 Å². The lowest BCUT2D eigenvalue weighted by atomic mass is 9.95. The maximum absolute atomic E-state index is 17.2. The van der Waals surface area contributed by atoms with Gasteiger partial charge in [0.1, 0.15) is 28.4 Å². The molecule has 0 N–H and O–H groups in total. The largest absolute Gasteiger partial charge is 0.468 e. The first-order chi connectivity index (χ1) is 22.5. The SMILES string of the molecule is C#Cc1c(F)ccc2cc(OCOC)cc(-c3nc(CCC#N)c4c(C5C6CN(C(=O)OC(C)(C)C)CC65)nn(C5CC5)c4c3F)c12. The quantitative estimate of drug-likeness (QED) is 0.153. The summed E-state index contributed by atoms with van der Waals surface area (Å²) in [5.74, 6) is 1.98. The number of rotatable bonds is 8. The lowest BCUT2D eigenvalue weighted by Gasteiger charge is -2.25. The molecule has 4 aromatic rings. The standard InChI is InChI=1S/C36H35F2N5O4/c1-6-22-26(37)12-9-19-14-21(46-18-45-5)15-23(28(19)22)32-31(38)34-30(27(40-32)8-7-13-39)33(41-43(34)20-10-11-20)29-24-16-42(17-25(24)29)35(44)47-36(2,3)4/h1,9,12,14-15,20,24-25,29H,7-8,10-11,16-18H2,2-5H3. The number of halogens is 2. The molecule has 47 heavy (non-hydrogen) atoms. The fraction of sp³-hybridized carbons (Fsp3) is 0.444. The number of piperidine rings is 1. The molecule has 0 radical (unpaired) electrons. The molecule has 2 aliphatic carbocycles. The van der Waals surface area contributed by atoms with Gasteiger partial charge in [-0.2, -0.15) is 10.4 Å². The number of fused-ring (bicyclic) bond motifs is 3. The summed E-state index contributed by atoms with van der Waals surface area (Å²) in [5.41, 5.74) is 1.29. The monoisotopic (exact) mass is 639 g/mol. The number of aromatic nitrogens is 3. The van der Waals surface area contributed by atoms with Crippen LogP contribution in [-0.2, 0) is 15.9 Å². The van der Waals surface area contributed by atoms with Crippen LogP contribution in [0.25, 0.3) is 32.9 Å². The van der Waals surface area contributed by atoms with Crippen LogP contribution < -0.4 is 4.74 Å². The first kappa shape index (κ1) is 30.9. The number of nitrogens with zero attached hydrogens (tertiary/aromatic N) is 5. The maximum atomic E-state index is 17.2. The second kappa shape index (κ2) is 11.5. The molecule has 2 unspecified atom stereocenters. The summed E-state index contributed by atoms with van der Waals surface area (Å²) in [6, 6.07) is 8.37. The predicted molar refractivity (Wildman–Crippen MR) is 171 cm³/mol. The van der Waals surface area contributed by atoms with Crippen LogP contribution in [-0.4, -0.2) is 58.4 Å². The highest BCUT2D eigenvalue weighted by Crippen LogP contribution is 2.60. The zero-order chi connectivity index (χ0) is 33.2. The first-order valence-electron chi connectivity index (χ1n) is 15.8. The number of hydrogen-bond donors (Lipinski definition) is 0. The zero-order valence-corrected chi connectivity index (χ0v) is 26.8. The molecule has 2 atom stereocenters. The number of carbonyl (C=O) groups is 1. The van der Waals surface area contributed by atoms with Gasteiger partial charge in [0.15, 0.2) is 12.6 Å². The molecule has 9 nitrogen and oxygen atoms in total.